The summed E-state index contributed by atoms with van der Waals surface area (Å²) < 4.78 is 21.6. The number of benzene rings is 2. The first-order valence-corrected chi connectivity index (χ1v) is 15.1. The van der Waals surface area contributed by atoms with Crippen LogP contribution in [0.4, 0.5) is 43.1 Å². The number of carbonyl (C=O) groups is 4. The fraction of sp³-hybridized carbons (Fsp3) is 0.355. The Morgan fingerprint density at radius 1 is 0.840 bits per heavy atom. The molecule has 19 heteroatoms. The molecular formula is C31H34Cl2N6O11. The van der Waals surface area contributed by atoms with Crippen LogP contribution in [0.15, 0.2) is 36.7 Å². The molecule has 0 radical (unpaired) electrons. The van der Waals surface area contributed by atoms with E-state index in [1.807, 2.05) is 0 Å². The molecule has 0 saturated heterocycles. The summed E-state index contributed by atoms with van der Waals surface area (Å²) in [5.74, 6) is -2.03. The van der Waals surface area contributed by atoms with Gasteiger partial charge in [0.2, 0.25) is 0 Å². The highest BCUT2D eigenvalue weighted by atomic mass is 35.5. The van der Waals surface area contributed by atoms with Crippen LogP contribution in [0.5, 0.6) is 11.5 Å². The predicted molar refractivity (Wildman–Crippen MR) is 183 cm³/mol. The number of nitrogens with zero attached hydrogens (tertiary/aromatic N) is 6. The molecule has 17 nitrogen and oxygen atoms in total. The molecule has 268 valence electrons. The average molecular weight is 738 g/mol. The van der Waals surface area contributed by atoms with Gasteiger partial charge in [0.05, 0.1) is 24.7 Å². The Balaban J connectivity index is 2.26. The van der Waals surface area contributed by atoms with Crippen LogP contribution in [-0.2, 0) is 9.47 Å². The lowest BCUT2D eigenvalue weighted by atomic mass is 10.1. The number of nitro groups is 1. The Labute approximate surface area is 296 Å². The van der Waals surface area contributed by atoms with Gasteiger partial charge in [0.1, 0.15) is 62.1 Å². The van der Waals surface area contributed by atoms with E-state index in [0.29, 0.717) is 9.80 Å². The van der Waals surface area contributed by atoms with Crippen LogP contribution in [0.3, 0.4) is 0 Å². The number of carboxylic acids is 1. The molecule has 3 aromatic rings. The van der Waals surface area contributed by atoms with E-state index in [2.05, 4.69) is 9.97 Å². The van der Waals surface area contributed by atoms with Crippen molar-refractivity contribution in [2.75, 3.05) is 36.0 Å². The first-order chi connectivity index (χ1) is 23.1. The van der Waals surface area contributed by atoms with Crippen LogP contribution < -0.4 is 24.2 Å². The summed E-state index contributed by atoms with van der Waals surface area (Å²) in [5, 5.41) is 21.0. The quantitative estimate of drug-likeness (QED) is 0.176. The van der Waals surface area contributed by atoms with E-state index in [1.54, 1.807) is 41.5 Å². The van der Waals surface area contributed by atoms with Gasteiger partial charge in [0, 0.05) is 25.2 Å². The summed E-state index contributed by atoms with van der Waals surface area (Å²) in [5.41, 5.74) is -4.16. The molecule has 1 aromatic heterocycles. The highest BCUT2D eigenvalue weighted by Crippen LogP contribution is 2.47. The molecule has 0 atom stereocenters. The number of amides is 4. The van der Waals surface area contributed by atoms with Crippen molar-refractivity contribution in [3.8, 4) is 11.5 Å². The van der Waals surface area contributed by atoms with Gasteiger partial charge in [0.25, 0.3) is 5.69 Å². The summed E-state index contributed by atoms with van der Waals surface area (Å²) in [6.45, 7) is 9.36. The maximum absolute atomic E-state index is 14.2. The summed E-state index contributed by atoms with van der Waals surface area (Å²) in [4.78, 5) is 74.5. The van der Waals surface area contributed by atoms with Crippen molar-refractivity contribution in [1.29, 1.82) is 0 Å². The molecule has 1 N–H and O–H groups in total. The van der Waals surface area contributed by atoms with Crippen LogP contribution in [0.25, 0.3) is 0 Å². The Kier molecular flexibility index (Phi) is 11.7. The number of imide groups is 1. The molecule has 3 rings (SSSR count). The van der Waals surface area contributed by atoms with Crippen LogP contribution in [0.2, 0.25) is 10.0 Å². The van der Waals surface area contributed by atoms with E-state index in [0.717, 1.165) is 35.5 Å². The van der Waals surface area contributed by atoms with E-state index in [1.165, 1.54) is 27.3 Å². The molecule has 0 aliphatic carbocycles. The van der Waals surface area contributed by atoms with Crippen LogP contribution in [0, 0.1) is 10.1 Å². The fourth-order valence-electron chi connectivity index (χ4n) is 4.15. The highest BCUT2D eigenvalue weighted by molar-refractivity contribution is 6.43. The minimum Gasteiger partial charge on any atom is -0.495 e. The number of carbonyl (C=O) groups excluding carboxylic acids is 3. The lowest BCUT2D eigenvalue weighted by molar-refractivity contribution is -0.384. The molecule has 0 aliphatic heterocycles. The second-order valence-corrected chi connectivity index (χ2v) is 13.0. The van der Waals surface area contributed by atoms with Crippen molar-refractivity contribution in [3.63, 3.8) is 0 Å². The molecule has 4 amide bonds. The predicted octanol–water partition coefficient (Wildman–Crippen LogP) is 7.48. The van der Waals surface area contributed by atoms with Gasteiger partial charge in [0.15, 0.2) is 0 Å². The van der Waals surface area contributed by atoms with Crippen LogP contribution >= 0.6 is 23.2 Å². The largest absolute Gasteiger partial charge is 0.495 e. The van der Waals surface area contributed by atoms with E-state index in [4.69, 9.17) is 42.1 Å². The first-order valence-electron chi connectivity index (χ1n) is 14.4. The second kappa shape index (κ2) is 15.0. The lowest BCUT2D eigenvalue weighted by Crippen LogP contribution is -2.47. The van der Waals surface area contributed by atoms with Gasteiger partial charge in [-0.15, -0.1) is 0 Å². The summed E-state index contributed by atoms with van der Waals surface area (Å²) >= 11 is 13.2. The maximum Gasteiger partial charge on any atom is 0.423 e. The number of aromatic nitrogens is 2. The number of halogens is 2. The number of methoxy groups -OCH3 is 2. The molecule has 0 aliphatic rings. The van der Waals surface area contributed by atoms with Crippen LogP contribution in [0.1, 0.15) is 51.9 Å². The van der Waals surface area contributed by atoms with E-state index >= 15 is 0 Å². The zero-order chi connectivity index (χ0) is 37.9. The van der Waals surface area contributed by atoms with Gasteiger partial charge in [-0.1, -0.05) is 23.2 Å². The molecule has 50 heavy (non-hydrogen) atoms. The fourth-order valence-corrected chi connectivity index (χ4v) is 4.82. The number of rotatable bonds is 8. The minimum absolute atomic E-state index is 0.000218. The zero-order valence-corrected chi connectivity index (χ0v) is 29.9. The number of carboxylic acid groups (broad SMARTS) is 1. The zero-order valence-electron chi connectivity index (χ0n) is 28.4. The van der Waals surface area contributed by atoms with Crippen molar-refractivity contribution in [1.82, 2.24) is 9.97 Å². The van der Waals surface area contributed by atoms with E-state index in [9.17, 15) is 34.4 Å². The Morgan fingerprint density at radius 3 is 1.84 bits per heavy atom. The van der Waals surface area contributed by atoms with Gasteiger partial charge in [-0.2, -0.15) is 4.90 Å². The van der Waals surface area contributed by atoms with E-state index < -0.39 is 57.3 Å². The standard InChI is InChI=1S/C31H34Cl2N6O11/c1-30(2,3)49-28(43)37(17-11-10-16(26(40)41)12-18(17)39(45)46)22-14-21(34-15-35-22)36(7)27(42)38(29(44)50-31(4,5)6)25-23(32)19(47-8)13-20(48-9)24(25)33/h10-15H,1-9H3,(H,40,41). The third-order valence-electron chi connectivity index (χ3n) is 6.28. The number of aromatic carboxylic acids is 1. The van der Waals surface area contributed by atoms with Crippen LogP contribution in [-0.4, -0.2) is 76.7 Å². The van der Waals surface area contributed by atoms with Gasteiger partial charge < -0.3 is 24.1 Å². The molecule has 0 unspecified atom stereocenters. The normalized spacial score (nSPS) is 11.3. The highest BCUT2D eigenvalue weighted by Gasteiger charge is 2.38. The smallest absolute Gasteiger partial charge is 0.423 e. The van der Waals surface area contributed by atoms with E-state index in [-0.39, 0.29) is 38.9 Å². The van der Waals surface area contributed by atoms with Crippen molar-refractivity contribution >= 4 is 76.1 Å². The number of urea groups is 1. The van der Waals surface area contributed by atoms with Gasteiger partial charge >= 0.3 is 24.2 Å². The first kappa shape index (κ1) is 39.0. The number of hydrogen-bond donors (Lipinski definition) is 1. The Hall–Kier alpha value is -5.42. The van der Waals surface area contributed by atoms with Crippen molar-refractivity contribution < 1.29 is 48.2 Å². The second-order valence-electron chi connectivity index (χ2n) is 12.2. The molecule has 1 heterocycles. The van der Waals surface area contributed by atoms with Gasteiger partial charge in [-0.25, -0.2) is 34.0 Å². The number of ether oxygens (including phenoxy) is 4. The van der Waals surface area contributed by atoms with Crippen molar-refractivity contribution in [2.24, 2.45) is 0 Å². The molecule has 0 saturated carbocycles. The average Bonchev–Trinajstić information content (AvgIpc) is 3.01. The molecule has 2 aromatic carbocycles. The minimum atomic E-state index is -1.45. The summed E-state index contributed by atoms with van der Waals surface area (Å²) in [6.07, 6.45) is -1.40. The molecule has 0 fully saturated rings. The third kappa shape index (κ3) is 8.78. The number of nitro benzene ring substituents is 1. The Morgan fingerprint density at radius 2 is 1.36 bits per heavy atom. The number of hydrogen-bond acceptors (Lipinski definition) is 12. The van der Waals surface area contributed by atoms with Gasteiger partial charge in [-0.05, 0) is 53.7 Å². The molecular weight excluding hydrogens is 703 g/mol. The topological polar surface area (TPSA) is 204 Å². The lowest BCUT2D eigenvalue weighted by Gasteiger charge is -2.31. The third-order valence-corrected chi connectivity index (χ3v) is 7.01. The summed E-state index contributed by atoms with van der Waals surface area (Å²) in [7, 11) is 3.80. The molecule has 0 spiro atoms. The maximum atomic E-state index is 14.2. The Bertz CT molecular complexity index is 1810. The monoisotopic (exact) mass is 736 g/mol. The SMILES string of the molecule is COc1cc(OC)c(Cl)c(N(C(=O)OC(C)(C)C)C(=O)N(C)c2cc(N(C(=O)OC(C)(C)C)c3ccc(C(=O)O)cc3[N+](=O)[O-])ncn2)c1Cl. The molecule has 0 bridgehead atoms. The summed E-state index contributed by atoms with van der Waals surface area (Å²) in [6, 6.07) is 4.17. The van der Waals surface area contributed by atoms with Crippen molar-refractivity contribution in [3.05, 3.63) is 62.4 Å². The number of anilines is 4. The van der Waals surface area contributed by atoms with Gasteiger partial charge in [-0.3, -0.25) is 15.0 Å². The van der Waals surface area contributed by atoms with Crippen molar-refractivity contribution in [2.45, 2.75) is 52.7 Å².